The predicted molar refractivity (Wildman–Crippen MR) is 79.2 cm³/mol. The highest BCUT2D eigenvalue weighted by atomic mass is 16.2. The minimum atomic E-state index is -0.112. The number of aromatic nitrogens is 3. The van der Waals surface area contributed by atoms with Crippen molar-refractivity contribution in [1.82, 2.24) is 25.0 Å². The van der Waals surface area contributed by atoms with Crippen LogP contribution in [-0.2, 0) is 6.54 Å². The number of carbonyl (C=O) groups is 1. The molecule has 0 atom stereocenters. The Morgan fingerprint density at radius 3 is 2.81 bits per heavy atom. The van der Waals surface area contributed by atoms with Crippen molar-refractivity contribution < 1.29 is 4.79 Å². The maximum absolute atomic E-state index is 11.8. The van der Waals surface area contributed by atoms with Gasteiger partial charge in [0.05, 0.1) is 0 Å². The zero-order valence-corrected chi connectivity index (χ0v) is 12.3. The molecule has 0 radical (unpaired) electrons. The largest absolute Gasteiger partial charge is 0.343 e. The normalized spacial score (nSPS) is 14.2. The van der Waals surface area contributed by atoms with Crippen LogP contribution < -0.4 is 5.32 Å². The number of pyridine rings is 1. The van der Waals surface area contributed by atoms with E-state index in [0.717, 1.165) is 12.1 Å². The van der Waals surface area contributed by atoms with Crippen LogP contribution in [-0.4, -0.2) is 45.7 Å². The predicted octanol–water partition coefficient (Wildman–Crippen LogP) is 1.22. The summed E-state index contributed by atoms with van der Waals surface area (Å²) in [5.74, 6) is 0.599. The summed E-state index contributed by atoms with van der Waals surface area (Å²) in [4.78, 5) is 17.7. The minimum Gasteiger partial charge on any atom is -0.343 e. The lowest BCUT2D eigenvalue weighted by atomic mass is 10.3. The summed E-state index contributed by atoms with van der Waals surface area (Å²) >= 11 is 0. The van der Waals surface area contributed by atoms with Crippen molar-refractivity contribution in [3.8, 4) is 5.82 Å². The van der Waals surface area contributed by atoms with Gasteiger partial charge in [-0.3, -0.25) is 4.79 Å². The van der Waals surface area contributed by atoms with E-state index < -0.39 is 0 Å². The molecule has 1 saturated carbocycles. The van der Waals surface area contributed by atoms with Crippen LogP contribution in [0.25, 0.3) is 5.82 Å². The first kappa shape index (κ1) is 13.8. The summed E-state index contributed by atoms with van der Waals surface area (Å²) < 4.78 is 1.62. The van der Waals surface area contributed by atoms with E-state index in [2.05, 4.69) is 15.4 Å². The molecule has 0 bridgehead atoms. The highest BCUT2D eigenvalue weighted by Gasteiger charge is 2.19. The van der Waals surface area contributed by atoms with Gasteiger partial charge in [0.2, 0.25) is 0 Å². The first-order valence-corrected chi connectivity index (χ1v) is 7.09. The summed E-state index contributed by atoms with van der Waals surface area (Å²) in [5.41, 5.74) is 1.57. The van der Waals surface area contributed by atoms with E-state index in [0.29, 0.717) is 17.6 Å². The molecule has 2 aromatic rings. The molecule has 3 rings (SSSR count). The number of rotatable bonds is 5. The Kier molecular flexibility index (Phi) is 3.70. The van der Waals surface area contributed by atoms with Gasteiger partial charge < -0.3 is 10.2 Å². The first-order valence-electron chi connectivity index (χ1n) is 7.09. The fourth-order valence-corrected chi connectivity index (χ4v) is 2.00. The average Bonchev–Trinajstić information content (AvgIpc) is 3.19. The van der Waals surface area contributed by atoms with E-state index in [1.807, 2.05) is 18.3 Å². The SMILES string of the molecule is CN(C)C(=O)c1ccn(-c2ccc(CNC3CC3)cn2)n1. The number of amides is 1. The maximum atomic E-state index is 11.8. The van der Waals surface area contributed by atoms with Crippen LogP contribution in [0.5, 0.6) is 0 Å². The van der Waals surface area contributed by atoms with Crippen molar-refractivity contribution in [2.75, 3.05) is 14.1 Å². The lowest BCUT2D eigenvalue weighted by Gasteiger charge is -2.07. The molecule has 21 heavy (non-hydrogen) atoms. The number of carbonyl (C=O) groups excluding carboxylic acids is 1. The molecule has 2 heterocycles. The van der Waals surface area contributed by atoms with Crippen LogP contribution in [0.4, 0.5) is 0 Å². The molecule has 0 spiro atoms. The van der Waals surface area contributed by atoms with E-state index in [4.69, 9.17) is 0 Å². The lowest BCUT2D eigenvalue weighted by Crippen LogP contribution is -2.22. The number of nitrogens with one attached hydrogen (secondary N) is 1. The van der Waals surface area contributed by atoms with Crippen molar-refractivity contribution in [2.24, 2.45) is 0 Å². The topological polar surface area (TPSA) is 63.1 Å². The molecule has 1 aliphatic carbocycles. The molecule has 6 nitrogen and oxygen atoms in total. The Labute approximate surface area is 123 Å². The summed E-state index contributed by atoms with van der Waals surface area (Å²) in [6.07, 6.45) is 6.16. The van der Waals surface area contributed by atoms with E-state index in [-0.39, 0.29) is 5.91 Å². The van der Waals surface area contributed by atoms with Gasteiger partial charge in [-0.05, 0) is 30.5 Å². The summed E-state index contributed by atoms with van der Waals surface area (Å²) in [6, 6.07) is 6.34. The van der Waals surface area contributed by atoms with Gasteiger partial charge in [-0.1, -0.05) is 6.07 Å². The third kappa shape index (κ3) is 3.28. The molecule has 0 unspecified atom stereocenters. The Bertz CT molecular complexity index is 628. The van der Waals surface area contributed by atoms with Gasteiger partial charge >= 0.3 is 0 Å². The first-order chi connectivity index (χ1) is 10.1. The molecular weight excluding hydrogens is 266 g/mol. The number of hydrogen-bond donors (Lipinski definition) is 1. The van der Waals surface area contributed by atoms with Crippen molar-refractivity contribution in [2.45, 2.75) is 25.4 Å². The lowest BCUT2D eigenvalue weighted by molar-refractivity contribution is 0.0821. The highest BCUT2D eigenvalue weighted by molar-refractivity contribution is 5.91. The zero-order valence-electron chi connectivity index (χ0n) is 12.3. The number of hydrogen-bond acceptors (Lipinski definition) is 4. The molecule has 1 fully saturated rings. The van der Waals surface area contributed by atoms with E-state index >= 15 is 0 Å². The molecule has 0 aliphatic heterocycles. The van der Waals surface area contributed by atoms with Gasteiger partial charge in [-0.25, -0.2) is 9.67 Å². The van der Waals surface area contributed by atoms with Crippen molar-refractivity contribution >= 4 is 5.91 Å². The summed E-state index contributed by atoms with van der Waals surface area (Å²) in [6.45, 7) is 0.849. The van der Waals surface area contributed by atoms with Gasteiger partial charge in [0.15, 0.2) is 11.5 Å². The standard InChI is InChI=1S/C15H19N5O/c1-19(2)15(21)13-7-8-20(18-13)14-6-3-11(10-17-14)9-16-12-4-5-12/h3,6-8,10,12,16H,4-5,9H2,1-2H3. The monoisotopic (exact) mass is 285 g/mol. The number of nitrogens with zero attached hydrogens (tertiary/aromatic N) is 4. The average molecular weight is 285 g/mol. The zero-order chi connectivity index (χ0) is 14.8. The Morgan fingerprint density at radius 1 is 1.38 bits per heavy atom. The molecular formula is C15H19N5O. The highest BCUT2D eigenvalue weighted by Crippen LogP contribution is 2.19. The molecule has 1 aliphatic rings. The smallest absolute Gasteiger partial charge is 0.273 e. The Hall–Kier alpha value is -2.21. The van der Waals surface area contributed by atoms with E-state index in [1.54, 1.807) is 31.0 Å². The van der Waals surface area contributed by atoms with Crippen molar-refractivity contribution in [1.29, 1.82) is 0 Å². The van der Waals surface area contributed by atoms with Crippen LogP contribution in [0.15, 0.2) is 30.6 Å². The summed E-state index contributed by atoms with van der Waals surface area (Å²) in [5, 5.41) is 7.71. The van der Waals surface area contributed by atoms with Gasteiger partial charge in [-0.15, -0.1) is 0 Å². The second-order valence-corrected chi connectivity index (χ2v) is 5.52. The Balaban J connectivity index is 1.69. The third-order valence-corrected chi connectivity index (χ3v) is 3.43. The second-order valence-electron chi connectivity index (χ2n) is 5.52. The van der Waals surface area contributed by atoms with Gasteiger partial charge in [0, 0.05) is 39.1 Å². The minimum absolute atomic E-state index is 0.112. The van der Waals surface area contributed by atoms with Crippen molar-refractivity contribution in [3.63, 3.8) is 0 Å². The maximum Gasteiger partial charge on any atom is 0.273 e. The Morgan fingerprint density at radius 2 is 2.19 bits per heavy atom. The van der Waals surface area contributed by atoms with Gasteiger partial charge in [0.25, 0.3) is 5.91 Å². The van der Waals surface area contributed by atoms with Crippen LogP contribution in [0.3, 0.4) is 0 Å². The molecule has 0 saturated heterocycles. The quantitative estimate of drug-likeness (QED) is 0.897. The second kappa shape index (κ2) is 5.65. The fraction of sp³-hybridized carbons (Fsp3) is 0.400. The molecule has 0 aromatic carbocycles. The fourth-order valence-electron chi connectivity index (χ4n) is 2.00. The molecule has 1 N–H and O–H groups in total. The molecule has 2 aromatic heterocycles. The molecule has 110 valence electrons. The third-order valence-electron chi connectivity index (χ3n) is 3.43. The molecule has 1 amide bonds. The van der Waals surface area contributed by atoms with Crippen LogP contribution >= 0.6 is 0 Å². The van der Waals surface area contributed by atoms with Crippen LogP contribution in [0.2, 0.25) is 0 Å². The summed E-state index contributed by atoms with van der Waals surface area (Å²) in [7, 11) is 3.42. The van der Waals surface area contributed by atoms with Crippen LogP contribution in [0.1, 0.15) is 28.9 Å². The van der Waals surface area contributed by atoms with Gasteiger partial charge in [0.1, 0.15) is 0 Å². The van der Waals surface area contributed by atoms with Crippen molar-refractivity contribution in [3.05, 3.63) is 41.9 Å². The van der Waals surface area contributed by atoms with E-state index in [9.17, 15) is 4.79 Å². The van der Waals surface area contributed by atoms with Gasteiger partial charge in [-0.2, -0.15) is 5.10 Å². The molecule has 6 heteroatoms. The van der Waals surface area contributed by atoms with Crippen LogP contribution in [0, 0.1) is 0 Å². The van der Waals surface area contributed by atoms with E-state index in [1.165, 1.54) is 17.7 Å².